The van der Waals surface area contributed by atoms with Crippen LogP contribution in [0.2, 0.25) is 0 Å². The highest BCUT2D eigenvalue weighted by Gasteiger charge is 2.32. The van der Waals surface area contributed by atoms with Gasteiger partial charge in [-0.05, 0) is 55.4 Å². The van der Waals surface area contributed by atoms with Crippen LogP contribution in [0, 0.1) is 5.92 Å². The third kappa shape index (κ3) is 3.22. The molecule has 0 bridgehead atoms. The Bertz CT molecular complexity index is 1010. The van der Waals surface area contributed by atoms with Crippen LogP contribution < -0.4 is 0 Å². The number of likely N-dealkylation sites (tertiary alicyclic amines) is 2. The van der Waals surface area contributed by atoms with Crippen molar-refractivity contribution in [3.63, 3.8) is 0 Å². The van der Waals surface area contributed by atoms with Crippen molar-refractivity contribution in [1.29, 1.82) is 0 Å². The minimum Gasteiger partial charge on any atom is -0.342 e. The highest BCUT2D eigenvalue weighted by molar-refractivity contribution is 6.22. The molecule has 0 atom stereocenters. The third-order valence-electron chi connectivity index (χ3n) is 6.77. The zero-order chi connectivity index (χ0) is 20.7. The number of hydrogen-bond donors (Lipinski definition) is 0. The first-order valence-electron chi connectivity index (χ1n) is 11.0. The average molecular weight is 402 g/mol. The highest BCUT2D eigenvalue weighted by atomic mass is 16.2. The summed E-state index contributed by atoms with van der Waals surface area (Å²) >= 11 is 0. The standard InChI is InChI=1S/C25H26N2O3/c28-23-21-7-3-2-6-19(21)20-9-8-18(16-22(20)23)25(30)27-14-10-17(11-15-27)24(29)26-12-4-1-5-13-26/h2-3,6-9,16-17H,1,4-5,10-15H2. The van der Waals surface area contributed by atoms with Gasteiger partial charge in [-0.3, -0.25) is 14.4 Å². The SMILES string of the molecule is O=C1c2ccccc2-c2ccc(C(=O)N3CCC(C(=O)N4CCCCC4)CC3)cc21. The van der Waals surface area contributed by atoms with Gasteiger partial charge in [0, 0.05) is 48.8 Å². The number of ketones is 1. The molecule has 2 saturated heterocycles. The highest BCUT2D eigenvalue weighted by Crippen LogP contribution is 2.37. The largest absolute Gasteiger partial charge is 0.342 e. The summed E-state index contributed by atoms with van der Waals surface area (Å²) < 4.78 is 0. The molecule has 0 saturated carbocycles. The van der Waals surface area contributed by atoms with E-state index in [1.165, 1.54) is 6.42 Å². The van der Waals surface area contributed by atoms with Gasteiger partial charge >= 0.3 is 0 Å². The van der Waals surface area contributed by atoms with Gasteiger partial charge in [0.15, 0.2) is 5.78 Å². The Hall–Kier alpha value is -2.95. The van der Waals surface area contributed by atoms with E-state index < -0.39 is 0 Å². The third-order valence-corrected chi connectivity index (χ3v) is 6.77. The smallest absolute Gasteiger partial charge is 0.253 e. The van der Waals surface area contributed by atoms with Crippen molar-refractivity contribution >= 4 is 17.6 Å². The normalized spacial score (nSPS) is 18.9. The van der Waals surface area contributed by atoms with Gasteiger partial charge in [0.25, 0.3) is 5.91 Å². The fraction of sp³-hybridized carbons (Fsp3) is 0.400. The van der Waals surface area contributed by atoms with E-state index in [2.05, 4.69) is 0 Å². The molecule has 2 aliphatic heterocycles. The number of nitrogens with zero attached hydrogens (tertiary/aromatic N) is 2. The summed E-state index contributed by atoms with van der Waals surface area (Å²) in [5.74, 6) is 0.234. The van der Waals surface area contributed by atoms with Gasteiger partial charge in [0.1, 0.15) is 0 Å². The first kappa shape index (κ1) is 19.0. The van der Waals surface area contributed by atoms with Gasteiger partial charge in [-0.25, -0.2) is 0 Å². The molecule has 0 unspecified atom stereocenters. The second-order valence-electron chi connectivity index (χ2n) is 8.59. The molecule has 2 fully saturated rings. The van der Waals surface area contributed by atoms with E-state index in [0.717, 1.165) is 49.9 Å². The fourth-order valence-corrected chi connectivity index (χ4v) is 5.05. The predicted molar refractivity (Wildman–Crippen MR) is 114 cm³/mol. The van der Waals surface area contributed by atoms with Crippen molar-refractivity contribution in [3.05, 3.63) is 59.2 Å². The van der Waals surface area contributed by atoms with Crippen LogP contribution >= 0.6 is 0 Å². The number of carbonyl (C=O) groups excluding carboxylic acids is 3. The molecule has 0 spiro atoms. The van der Waals surface area contributed by atoms with E-state index >= 15 is 0 Å². The lowest BCUT2D eigenvalue weighted by Gasteiger charge is -2.35. The van der Waals surface area contributed by atoms with Crippen LogP contribution in [0.5, 0.6) is 0 Å². The average Bonchev–Trinajstić information content (AvgIpc) is 3.10. The van der Waals surface area contributed by atoms with E-state index in [4.69, 9.17) is 0 Å². The summed E-state index contributed by atoms with van der Waals surface area (Å²) in [6, 6.07) is 13.0. The molecule has 2 heterocycles. The second kappa shape index (κ2) is 7.71. The number of piperidine rings is 2. The molecule has 3 aliphatic rings. The molecule has 2 aromatic carbocycles. The van der Waals surface area contributed by atoms with E-state index in [0.29, 0.717) is 29.8 Å². The van der Waals surface area contributed by atoms with Crippen LogP contribution in [0.1, 0.15) is 58.4 Å². The van der Waals surface area contributed by atoms with E-state index in [-0.39, 0.29) is 23.5 Å². The number of fused-ring (bicyclic) bond motifs is 3. The van der Waals surface area contributed by atoms with Crippen molar-refractivity contribution in [3.8, 4) is 11.1 Å². The molecule has 5 rings (SSSR count). The first-order chi connectivity index (χ1) is 14.6. The summed E-state index contributed by atoms with van der Waals surface area (Å²) in [5.41, 5.74) is 3.70. The first-order valence-corrected chi connectivity index (χ1v) is 11.0. The van der Waals surface area contributed by atoms with Crippen molar-refractivity contribution in [1.82, 2.24) is 9.80 Å². The van der Waals surface area contributed by atoms with Crippen LogP contribution in [0.25, 0.3) is 11.1 Å². The lowest BCUT2D eigenvalue weighted by atomic mass is 9.93. The molecule has 5 nitrogen and oxygen atoms in total. The molecule has 0 aromatic heterocycles. The van der Waals surface area contributed by atoms with Crippen LogP contribution in [0.15, 0.2) is 42.5 Å². The summed E-state index contributed by atoms with van der Waals surface area (Å²) in [5, 5.41) is 0. The Balaban J connectivity index is 1.27. The van der Waals surface area contributed by atoms with Crippen molar-refractivity contribution < 1.29 is 14.4 Å². The van der Waals surface area contributed by atoms with Gasteiger partial charge in [-0.15, -0.1) is 0 Å². The zero-order valence-electron chi connectivity index (χ0n) is 17.1. The maximum Gasteiger partial charge on any atom is 0.253 e. The lowest BCUT2D eigenvalue weighted by Crippen LogP contribution is -2.45. The molecular formula is C25H26N2O3. The molecule has 2 aromatic rings. The fourth-order valence-electron chi connectivity index (χ4n) is 5.05. The number of rotatable bonds is 2. The number of benzene rings is 2. The minimum atomic E-state index is -0.0505. The summed E-state index contributed by atoms with van der Waals surface area (Å²) in [7, 11) is 0. The molecule has 5 heteroatoms. The van der Waals surface area contributed by atoms with Gasteiger partial charge in [-0.1, -0.05) is 30.3 Å². The Morgan fingerprint density at radius 1 is 0.733 bits per heavy atom. The molecule has 154 valence electrons. The zero-order valence-corrected chi connectivity index (χ0v) is 17.1. The minimum absolute atomic E-state index is 0.0129. The van der Waals surface area contributed by atoms with Gasteiger partial charge in [0.05, 0.1) is 0 Å². The van der Waals surface area contributed by atoms with Crippen molar-refractivity contribution in [2.45, 2.75) is 32.1 Å². The summed E-state index contributed by atoms with van der Waals surface area (Å²) in [6.07, 6.45) is 4.85. The molecule has 0 N–H and O–H groups in total. The quantitative estimate of drug-likeness (QED) is 0.656. The van der Waals surface area contributed by atoms with Gasteiger partial charge in [-0.2, -0.15) is 0 Å². The summed E-state index contributed by atoms with van der Waals surface area (Å²) in [4.78, 5) is 42.4. The second-order valence-corrected chi connectivity index (χ2v) is 8.59. The number of hydrogen-bond acceptors (Lipinski definition) is 3. The monoisotopic (exact) mass is 402 g/mol. The Labute approximate surface area is 176 Å². The van der Waals surface area contributed by atoms with Gasteiger partial charge < -0.3 is 9.80 Å². The predicted octanol–water partition coefficient (Wildman–Crippen LogP) is 3.76. The maximum absolute atomic E-state index is 13.1. The number of amides is 2. The Kier molecular flexibility index (Phi) is 4.89. The Morgan fingerprint density at radius 3 is 2.13 bits per heavy atom. The molecule has 0 radical (unpaired) electrons. The van der Waals surface area contributed by atoms with Crippen molar-refractivity contribution in [2.75, 3.05) is 26.2 Å². The van der Waals surface area contributed by atoms with Crippen LogP contribution in [0.3, 0.4) is 0 Å². The van der Waals surface area contributed by atoms with Crippen LogP contribution in [-0.4, -0.2) is 53.6 Å². The van der Waals surface area contributed by atoms with Crippen LogP contribution in [-0.2, 0) is 4.79 Å². The maximum atomic E-state index is 13.1. The van der Waals surface area contributed by atoms with E-state index in [1.807, 2.05) is 46.2 Å². The topological polar surface area (TPSA) is 57.7 Å². The summed E-state index contributed by atoms with van der Waals surface area (Å²) in [6.45, 7) is 2.94. The lowest BCUT2D eigenvalue weighted by molar-refractivity contribution is -0.137. The molecule has 30 heavy (non-hydrogen) atoms. The number of carbonyl (C=O) groups is 3. The van der Waals surface area contributed by atoms with Gasteiger partial charge in [0.2, 0.25) is 5.91 Å². The molecule has 2 amide bonds. The van der Waals surface area contributed by atoms with Crippen molar-refractivity contribution in [2.24, 2.45) is 5.92 Å². The van der Waals surface area contributed by atoms with E-state index in [1.54, 1.807) is 6.07 Å². The Morgan fingerprint density at radius 2 is 1.40 bits per heavy atom. The molecule has 1 aliphatic carbocycles. The van der Waals surface area contributed by atoms with Crippen LogP contribution in [0.4, 0.5) is 0 Å². The molecular weight excluding hydrogens is 376 g/mol. The van der Waals surface area contributed by atoms with E-state index in [9.17, 15) is 14.4 Å².